The van der Waals surface area contributed by atoms with Gasteiger partial charge in [0.1, 0.15) is 11.6 Å². The van der Waals surface area contributed by atoms with Crippen LogP contribution in [0.5, 0.6) is 0 Å². The summed E-state index contributed by atoms with van der Waals surface area (Å²) in [5.41, 5.74) is 5.08. The van der Waals surface area contributed by atoms with Gasteiger partial charge >= 0.3 is 0 Å². The number of nitrogens with two attached hydrogens (primary N) is 1. The highest BCUT2D eigenvalue weighted by molar-refractivity contribution is 14.1. The first kappa shape index (κ1) is 13.7. The van der Waals surface area contributed by atoms with Gasteiger partial charge in [-0.25, -0.2) is 8.78 Å². The Balaban J connectivity index is 2.46. The molecular formula is C13H9F2IN2O. The molecule has 6 heteroatoms. The molecule has 19 heavy (non-hydrogen) atoms. The molecule has 0 aromatic heterocycles. The monoisotopic (exact) mass is 374 g/mol. The van der Waals surface area contributed by atoms with Crippen LogP contribution in [0.2, 0.25) is 0 Å². The van der Waals surface area contributed by atoms with Crippen molar-refractivity contribution in [1.29, 1.82) is 0 Å². The van der Waals surface area contributed by atoms with Crippen molar-refractivity contribution in [2.75, 3.05) is 5.32 Å². The molecule has 0 unspecified atom stereocenters. The predicted octanol–water partition coefficient (Wildman–Crippen LogP) is 3.41. The topological polar surface area (TPSA) is 55.1 Å². The summed E-state index contributed by atoms with van der Waals surface area (Å²) in [6, 6.07) is 8.33. The lowest BCUT2D eigenvalue weighted by Gasteiger charge is -2.12. The van der Waals surface area contributed by atoms with Crippen LogP contribution >= 0.6 is 22.6 Å². The van der Waals surface area contributed by atoms with Crippen molar-refractivity contribution in [2.45, 2.75) is 0 Å². The van der Waals surface area contributed by atoms with E-state index in [4.69, 9.17) is 5.73 Å². The number of para-hydroxylation sites is 1. The van der Waals surface area contributed by atoms with Gasteiger partial charge in [0.25, 0.3) is 5.91 Å². The number of halogens is 3. The number of primary amides is 1. The van der Waals surface area contributed by atoms with Gasteiger partial charge in [0.05, 0.1) is 16.9 Å². The fourth-order valence-corrected chi connectivity index (χ4v) is 2.04. The van der Waals surface area contributed by atoms with Crippen molar-refractivity contribution in [2.24, 2.45) is 5.73 Å². The summed E-state index contributed by atoms with van der Waals surface area (Å²) in [5.74, 6) is -1.99. The number of benzene rings is 2. The first-order chi connectivity index (χ1) is 8.99. The Kier molecular flexibility index (Phi) is 3.98. The van der Waals surface area contributed by atoms with Gasteiger partial charge in [0, 0.05) is 3.57 Å². The highest BCUT2D eigenvalue weighted by Crippen LogP contribution is 2.26. The lowest BCUT2D eigenvalue weighted by molar-refractivity contribution is 0.100. The summed E-state index contributed by atoms with van der Waals surface area (Å²) >= 11 is 1.96. The number of amides is 1. The van der Waals surface area contributed by atoms with Crippen molar-refractivity contribution in [3.63, 3.8) is 0 Å². The Morgan fingerprint density at radius 2 is 1.89 bits per heavy atom. The normalized spacial score (nSPS) is 10.3. The van der Waals surface area contributed by atoms with Gasteiger partial charge in [-0.3, -0.25) is 4.79 Å². The van der Waals surface area contributed by atoms with E-state index >= 15 is 0 Å². The Morgan fingerprint density at radius 3 is 2.53 bits per heavy atom. The minimum Gasteiger partial charge on any atom is -0.366 e. The third kappa shape index (κ3) is 3.01. The fraction of sp³-hybridized carbons (Fsp3) is 0. The summed E-state index contributed by atoms with van der Waals surface area (Å²) in [6.45, 7) is 0. The average Bonchev–Trinajstić information content (AvgIpc) is 2.34. The standard InChI is InChI=1S/C13H9F2IN2O/c14-9-3-1-2-8(13(17)19)12(9)18-11-5-4-7(16)6-10(11)15/h1-6,18H,(H2,17,19). The van der Waals surface area contributed by atoms with E-state index in [1.807, 2.05) is 22.6 Å². The second-order valence-electron chi connectivity index (χ2n) is 3.78. The zero-order valence-electron chi connectivity index (χ0n) is 9.58. The molecule has 3 N–H and O–H groups in total. The van der Waals surface area contributed by atoms with Gasteiger partial charge in [-0.1, -0.05) is 6.07 Å². The lowest BCUT2D eigenvalue weighted by atomic mass is 10.1. The van der Waals surface area contributed by atoms with E-state index in [9.17, 15) is 13.6 Å². The largest absolute Gasteiger partial charge is 0.366 e. The van der Waals surface area contributed by atoms with Crippen LogP contribution < -0.4 is 11.1 Å². The molecule has 0 spiro atoms. The number of hydrogen-bond acceptors (Lipinski definition) is 2. The minimum atomic E-state index is -0.784. The summed E-state index contributed by atoms with van der Waals surface area (Å²) in [4.78, 5) is 11.2. The molecule has 0 radical (unpaired) electrons. The first-order valence-corrected chi connectivity index (χ1v) is 6.37. The zero-order chi connectivity index (χ0) is 14.0. The summed E-state index contributed by atoms with van der Waals surface area (Å²) in [5, 5.41) is 2.56. The van der Waals surface area contributed by atoms with E-state index in [1.54, 1.807) is 6.07 Å². The molecule has 0 saturated carbocycles. The van der Waals surface area contributed by atoms with Gasteiger partial charge in [0.15, 0.2) is 0 Å². The third-order valence-electron chi connectivity index (χ3n) is 2.47. The minimum absolute atomic E-state index is 0.0297. The number of carbonyl (C=O) groups is 1. The number of rotatable bonds is 3. The van der Waals surface area contributed by atoms with Crippen LogP contribution in [-0.4, -0.2) is 5.91 Å². The van der Waals surface area contributed by atoms with Gasteiger partial charge in [-0.15, -0.1) is 0 Å². The van der Waals surface area contributed by atoms with Crippen molar-refractivity contribution >= 4 is 39.9 Å². The fourth-order valence-electron chi connectivity index (χ4n) is 1.58. The van der Waals surface area contributed by atoms with E-state index in [-0.39, 0.29) is 16.9 Å². The lowest BCUT2D eigenvalue weighted by Crippen LogP contribution is -2.14. The molecule has 0 atom stereocenters. The molecule has 2 aromatic carbocycles. The molecule has 0 aliphatic heterocycles. The molecule has 0 fully saturated rings. The summed E-state index contributed by atoms with van der Waals surface area (Å²) < 4.78 is 28.1. The molecule has 3 nitrogen and oxygen atoms in total. The number of carbonyl (C=O) groups excluding carboxylic acids is 1. The molecule has 0 aliphatic carbocycles. The zero-order valence-corrected chi connectivity index (χ0v) is 11.7. The number of nitrogens with one attached hydrogen (secondary N) is 1. The number of hydrogen-bond donors (Lipinski definition) is 2. The van der Waals surface area contributed by atoms with Crippen LogP contribution in [0.25, 0.3) is 0 Å². The van der Waals surface area contributed by atoms with E-state index < -0.39 is 17.5 Å². The van der Waals surface area contributed by atoms with Crippen molar-refractivity contribution in [1.82, 2.24) is 0 Å². The molecular weight excluding hydrogens is 365 g/mol. The van der Waals surface area contributed by atoms with Crippen LogP contribution in [0.15, 0.2) is 36.4 Å². The average molecular weight is 374 g/mol. The molecule has 0 aliphatic rings. The van der Waals surface area contributed by atoms with Crippen molar-refractivity contribution < 1.29 is 13.6 Å². The van der Waals surface area contributed by atoms with Crippen LogP contribution in [-0.2, 0) is 0 Å². The third-order valence-corrected chi connectivity index (χ3v) is 3.14. The molecule has 0 saturated heterocycles. The van der Waals surface area contributed by atoms with Crippen molar-refractivity contribution in [3.05, 3.63) is 57.2 Å². The highest BCUT2D eigenvalue weighted by atomic mass is 127. The molecule has 0 heterocycles. The van der Waals surface area contributed by atoms with E-state index in [0.717, 1.165) is 0 Å². The molecule has 2 aromatic rings. The van der Waals surface area contributed by atoms with Crippen LogP contribution in [0, 0.1) is 15.2 Å². The SMILES string of the molecule is NC(=O)c1cccc(F)c1Nc1ccc(I)cc1F. The molecule has 2 rings (SSSR count). The second-order valence-corrected chi connectivity index (χ2v) is 5.02. The van der Waals surface area contributed by atoms with Crippen LogP contribution in [0.3, 0.4) is 0 Å². The maximum absolute atomic E-state index is 13.7. The van der Waals surface area contributed by atoms with Crippen LogP contribution in [0.4, 0.5) is 20.2 Å². The van der Waals surface area contributed by atoms with Gasteiger partial charge in [0.2, 0.25) is 0 Å². The Hall–Kier alpha value is -1.70. The second kappa shape index (κ2) is 5.52. The Labute approximate surface area is 121 Å². The Morgan fingerprint density at radius 1 is 1.16 bits per heavy atom. The quantitative estimate of drug-likeness (QED) is 0.810. The summed E-state index contributed by atoms with van der Waals surface area (Å²) in [7, 11) is 0. The first-order valence-electron chi connectivity index (χ1n) is 5.29. The predicted molar refractivity (Wildman–Crippen MR) is 77.3 cm³/mol. The van der Waals surface area contributed by atoms with Gasteiger partial charge in [-0.05, 0) is 52.9 Å². The molecule has 1 amide bonds. The van der Waals surface area contributed by atoms with Gasteiger partial charge < -0.3 is 11.1 Å². The highest BCUT2D eigenvalue weighted by Gasteiger charge is 2.14. The smallest absolute Gasteiger partial charge is 0.250 e. The van der Waals surface area contributed by atoms with E-state index in [2.05, 4.69) is 5.32 Å². The van der Waals surface area contributed by atoms with Crippen LogP contribution in [0.1, 0.15) is 10.4 Å². The van der Waals surface area contributed by atoms with E-state index in [0.29, 0.717) is 3.57 Å². The number of anilines is 2. The summed E-state index contributed by atoms with van der Waals surface area (Å²) in [6.07, 6.45) is 0. The van der Waals surface area contributed by atoms with Crippen molar-refractivity contribution in [3.8, 4) is 0 Å². The molecule has 98 valence electrons. The molecule has 0 bridgehead atoms. The Bertz CT molecular complexity index is 647. The van der Waals surface area contributed by atoms with Gasteiger partial charge in [-0.2, -0.15) is 0 Å². The maximum atomic E-state index is 13.7. The maximum Gasteiger partial charge on any atom is 0.250 e. The van der Waals surface area contributed by atoms with E-state index in [1.165, 1.54) is 30.3 Å².